The van der Waals surface area contributed by atoms with Crippen LogP contribution in [0.25, 0.3) is 5.57 Å². The lowest BCUT2D eigenvalue weighted by molar-refractivity contribution is -0.119. The van der Waals surface area contributed by atoms with Crippen molar-refractivity contribution in [3.05, 3.63) is 46.4 Å². The van der Waals surface area contributed by atoms with E-state index < -0.39 is 0 Å². The van der Waals surface area contributed by atoms with E-state index in [1.807, 2.05) is 13.1 Å². The Bertz CT molecular complexity index is 1010. The molecular weight excluding hydrogens is 468 g/mol. The number of nitrogens with one attached hydrogen (secondary N) is 2. The average molecular weight is 511 g/mol. The highest BCUT2D eigenvalue weighted by Crippen LogP contribution is 2.37. The van der Waals surface area contributed by atoms with Gasteiger partial charge in [0.2, 0.25) is 0 Å². The fourth-order valence-electron chi connectivity index (χ4n) is 5.58. The van der Waals surface area contributed by atoms with Gasteiger partial charge in [0, 0.05) is 56.3 Å². The molecule has 0 saturated carbocycles. The van der Waals surface area contributed by atoms with Crippen LogP contribution in [0.2, 0.25) is 0 Å². The Morgan fingerprint density at radius 3 is 2.81 bits per heavy atom. The van der Waals surface area contributed by atoms with Crippen LogP contribution in [0.3, 0.4) is 0 Å². The summed E-state index contributed by atoms with van der Waals surface area (Å²) in [6.07, 6.45) is 16.5. The summed E-state index contributed by atoms with van der Waals surface area (Å²) in [4.78, 5) is 26.8. The summed E-state index contributed by atoms with van der Waals surface area (Å²) in [7, 11) is 1.87. The van der Waals surface area contributed by atoms with Crippen molar-refractivity contribution in [3.8, 4) is 0 Å². The van der Waals surface area contributed by atoms with Gasteiger partial charge in [0.15, 0.2) is 12.1 Å². The van der Waals surface area contributed by atoms with Gasteiger partial charge >= 0.3 is 0 Å². The zero-order valence-electron chi connectivity index (χ0n) is 22.4. The van der Waals surface area contributed by atoms with E-state index in [9.17, 15) is 9.59 Å². The lowest BCUT2D eigenvalue weighted by atomic mass is 9.84. The van der Waals surface area contributed by atoms with Gasteiger partial charge < -0.3 is 14.8 Å². The van der Waals surface area contributed by atoms with Gasteiger partial charge in [-0.15, -0.1) is 0 Å². The van der Waals surface area contributed by atoms with Crippen molar-refractivity contribution in [3.63, 3.8) is 0 Å². The number of carbonyl (C=O) groups is 2. The molecule has 3 aliphatic heterocycles. The zero-order valence-corrected chi connectivity index (χ0v) is 22.4. The predicted molar refractivity (Wildman–Crippen MR) is 144 cm³/mol. The number of likely N-dealkylation sites (N-methyl/N-ethyl adjacent to an activating group) is 1. The number of Topliss-reactive ketones (excluding diaryl/α,β-unsaturated/α-hetero) is 1. The molecule has 2 unspecified atom stereocenters. The molecule has 2 saturated heterocycles. The molecule has 202 valence electrons. The fraction of sp³-hybridized carbons (Fsp3) is 0.621. The highest BCUT2D eigenvalue weighted by molar-refractivity contribution is 6.01. The van der Waals surface area contributed by atoms with E-state index in [1.54, 1.807) is 0 Å². The molecule has 0 radical (unpaired) electrons. The first kappa shape index (κ1) is 27.5. The van der Waals surface area contributed by atoms with E-state index in [0.29, 0.717) is 24.2 Å². The van der Waals surface area contributed by atoms with Gasteiger partial charge in [0.05, 0.1) is 30.1 Å². The fourth-order valence-corrected chi connectivity index (χ4v) is 5.58. The molecule has 5 rings (SSSR count). The lowest BCUT2D eigenvalue weighted by Crippen LogP contribution is -2.51. The first-order valence-corrected chi connectivity index (χ1v) is 13.9. The van der Waals surface area contributed by atoms with Crippen molar-refractivity contribution in [2.75, 3.05) is 40.0 Å². The van der Waals surface area contributed by atoms with Crippen molar-refractivity contribution in [1.82, 2.24) is 20.4 Å². The van der Waals surface area contributed by atoms with Crippen molar-refractivity contribution in [2.45, 2.75) is 76.9 Å². The molecule has 4 heterocycles. The van der Waals surface area contributed by atoms with Crippen molar-refractivity contribution in [1.29, 1.82) is 0 Å². The van der Waals surface area contributed by atoms with E-state index in [-0.39, 0.29) is 17.9 Å². The van der Waals surface area contributed by atoms with Gasteiger partial charge in [-0.3, -0.25) is 19.6 Å². The number of hydrogen-bond donors (Lipinski definition) is 2. The average Bonchev–Trinajstić information content (AvgIpc) is 3.61. The largest absolute Gasteiger partial charge is 0.388 e. The molecule has 1 aliphatic carbocycles. The summed E-state index contributed by atoms with van der Waals surface area (Å²) in [6.45, 7) is 6.39. The molecule has 2 N–H and O–H groups in total. The van der Waals surface area contributed by atoms with Gasteiger partial charge in [-0.25, -0.2) is 0 Å². The summed E-state index contributed by atoms with van der Waals surface area (Å²) in [5, 5.41) is 10.3. The topological polar surface area (TPSA) is 96.6 Å². The number of fused-ring (bicyclic) bond motifs is 2. The molecule has 0 spiro atoms. The lowest BCUT2D eigenvalue weighted by Gasteiger charge is -2.43. The minimum atomic E-state index is 0.181. The number of aromatic nitrogens is 2. The Hall–Kier alpha value is -2.55. The number of hydrogen-bond acceptors (Lipinski definition) is 7. The van der Waals surface area contributed by atoms with Crippen LogP contribution >= 0.6 is 0 Å². The van der Waals surface area contributed by atoms with Crippen LogP contribution in [0, 0.1) is 0 Å². The number of ether oxygens (including phenoxy) is 2. The third kappa shape index (κ3) is 6.86. The van der Waals surface area contributed by atoms with E-state index in [2.05, 4.69) is 33.4 Å². The number of allylic oxidation sites excluding steroid dienone is 2. The maximum atomic E-state index is 13.0. The van der Waals surface area contributed by atoms with Gasteiger partial charge in [-0.2, -0.15) is 5.10 Å². The third-order valence-corrected chi connectivity index (χ3v) is 7.67. The second-order valence-electron chi connectivity index (χ2n) is 10.2. The molecule has 37 heavy (non-hydrogen) atoms. The number of ketones is 1. The van der Waals surface area contributed by atoms with Crippen molar-refractivity contribution < 1.29 is 19.1 Å². The SMILES string of the molecule is C1CCOC1.CCCCCCOC1CCN2CC(=O)C3=C(C=C(NC)C(c4[nH]ncc4C=O)=CC3)C2C1. The first-order chi connectivity index (χ1) is 18.2. The molecule has 4 aliphatic rings. The minimum Gasteiger partial charge on any atom is -0.388 e. The van der Waals surface area contributed by atoms with Crippen LogP contribution in [0.15, 0.2) is 35.2 Å². The molecule has 1 aromatic heterocycles. The highest BCUT2D eigenvalue weighted by Gasteiger charge is 2.38. The van der Waals surface area contributed by atoms with E-state index >= 15 is 0 Å². The summed E-state index contributed by atoms with van der Waals surface area (Å²) in [5.41, 5.74) is 4.93. The number of aldehydes is 1. The number of rotatable bonds is 9. The molecule has 0 bridgehead atoms. The Kier molecular flexibility index (Phi) is 10.3. The van der Waals surface area contributed by atoms with Crippen LogP contribution in [0.1, 0.15) is 80.8 Å². The minimum absolute atomic E-state index is 0.181. The van der Waals surface area contributed by atoms with Crippen LogP contribution in [0.4, 0.5) is 0 Å². The molecule has 0 amide bonds. The van der Waals surface area contributed by atoms with E-state index in [1.165, 1.54) is 38.3 Å². The van der Waals surface area contributed by atoms with Crippen LogP contribution < -0.4 is 5.32 Å². The Labute approximate surface area is 220 Å². The number of nitrogens with zero attached hydrogens (tertiary/aromatic N) is 2. The van der Waals surface area contributed by atoms with Gasteiger partial charge in [-0.05, 0) is 50.2 Å². The Morgan fingerprint density at radius 1 is 1.27 bits per heavy atom. The third-order valence-electron chi connectivity index (χ3n) is 7.67. The van der Waals surface area contributed by atoms with Gasteiger partial charge in [-0.1, -0.05) is 32.3 Å². The Morgan fingerprint density at radius 2 is 2.11 bits per heavy atom. The summed E-state index contributed by atoms with van der Waals surface area (Å²) in [5.74, 6) is 0.194. The Balaban J connectivity index is 0.000000572. The number of piperidine rings is 1. The maximum Gasteiger partial charge on any atom is 0.173 e. The first-order valence-electron chi connectivity index (χ1n) is 13.9. The summed E-state index contributed by atoms with van der Waals surface area (Å²) in [6, 6.07) is 0.181. The van der Waals surface area contributed by atoms with Crippen LogP contribution in [-0.4, -0.2) is 79.3 Å². The molecule has 2 atom stereocenters. The van der Waals surface area contributed by atoms with Gasteiger partial charge in [0.25, 0.3) is 0 Å². The number of H-pyrrole nitrogens is 1. The molecule has 8 heteroatoms. The smallest absolute Gasteiger partial charge is 0.173 e. The predicted octanol–water partition coefficient (Wildman–Crippen LogP) is 4.22. The van der Waals surface area contributed by atoms with E-state index in [4.69, 9.17) is 9.47 Å². The number of unbranched alkanes of at least 4 members (excludes halogenated alkanes) is 3. The molecule has 2 fully saturated rings. The monoisotopic (exact) mass is 510 g/mol. The highest BCUT2D eigenvalue weighted by atomic mass is 16.5. The quantitative estimate of drug-likeness (QED) is 0.379. The van der Waals surface area contributed by atoms with Gasteiger partial charge in [0.1, 0.15) is 0 Å². The normalized spacial score (nSPS) is 23.8. The second kappa shape index (κ2) is 13.8. The van der Waals surface area contributed by atoms with E-state index in [0.717, 1.165) is 74.3 Å². The maximum absolute atomic E-state index is 13.0. The van der Waals surface area contributed by atoms with Crippen molar-refractivity contribution >= 4 is 17.6 Å². The number of carbonyl (C=O) groups excluding carboxylic acids is 2. The molecule has 8 nitrogen and oxygen atoms in total. The summed E-state index contributed by atoms with van der Waals surface area (Å²) < 4.78 is 11.2. The standard InChI is InChI=1S/C25H34N4O3.C4H8O/c1-3-4-5-6-11-32-18-9-10-29-15-24(31)19-7-8-20(25-17(16-30)14-27-28-25)22(26-2)13-21(19)23(29)12-18;1-2-4-5-3-1/h8,13-14,16,18,23,26H,3-7,9-12,15H2,1-2H3,(H,27,28);1-4H2. The van der Waals surface area contributed by atoms with Crippen molar-refractivity contribution in [2.24, 2.45) is 0 Å². The van der Waals surface area contributed by atoms with Crippen LogP contribution in [-0.2, 0) is 14.3 Å². The zero-order chi connectivity index (χ0) is 26.0. The number of aromatic amines is 1. The van der Waals surface area contributed by atoms with Crippen LogP contribution in [0.5, 0.6) is 0 Å². The summed E-state index contributed by atoms with van der Waals surface area (Å²) >= 11 is 0. The second-order valence-corrected chi connectivity index (χ2v) is 10.2. The molecular formula is C29H42N4O4. The molecule has 1 aromatic rings. The molecule has 0 aromatic carbocycles.